The fraction of sp³-hybridized carbons (Fsp3) is 0.800. The lowest BCUT2D eigenvalue weighted by atomic mass is 10.0. The molecular weight excluding hydrogens is 314 g/mol. The molecule has 2 amide bonds. The quantitative estimate of drug-likeness (QED) is 0.445. The molecule has 5 nitrogen and oxygen atoms in total. The summed E-state index contributed by atoms with van der Waals surface area (Å²) in [5, 5.41) is 8.91. The minimum Gasteiger partial charge on any atom is -0.378 e. The summed E-state index contributed by atoms with van der Waals surface area (Å²) in [4.78, 5) is 23.9. The third kappa shape index (κ3) is 12.5. The summed E-state index contributed by atoms with van der Waals surface area (Å²) >= 11 is 0. The zero-order chi connectivity index (χ0) is 19.4. The maximum atomic E-state index is 12.2. The standard InChI is InChI=1S/C20H39N3O2/c1-14(2)11-9-8-10-12-18(24)23-20(15(3)4)17(7)21-13-19(25)22-16(5)6/h14-16,20-21H,7-13H2,1-6H3,(H,22,25)(H,23,24). The van der Waals surface area contributed by atoms with E-state index in [4.69, 9.17) is 0 Å². The Kier molecular flexibility index (Phi) is 12.0. The Labute approximate surface area is 154 Å². The van der Waals surface area contributed by atoms with Crippen molar-refractivity contribution in [2.75, 3.05) is 6.54 Å². The molecule has 3 N–H and O–H groups in total. The molecule has 0 aromatic rings. The van der Waals surface area contributed by atoms with E-state index in [0.717, 1.165) is 18.8 Å². The van der Waals surface area contributed by atoms with Crippen LogP contribution in [0.15, 0.2) is 12.3 Å². The van der Waals surface area contributed by atoms with E-state index < -0.39 is 0 Å². The summed E-state index contributed by atoms with van der Waals surface area (Å²) < 4.78 is 0. The van der Waals surface area contributed by atoms with Crippen LogP contribution < -0.4 is 16.0 Å². The zero-order valence-electron chi connectivity index (χ0n) is 17.1. The first kappa shape index (κ1) is 23.5. The highest BCUT2D eigenvalue weighted by atomic mass is 16.2. The summed E-state index contributed by atoms with van der Waals surface area (Å²) in [6.45, 7) is 16.5. The first-order valence-corrected chi connectivity index (χ1v) is 9.64. The number of hydrogen-bond acceptors (Lipinski definition) is 3. The summed E-state index contributed by atoms with van der Waals surface area (Å²) in [6, 6.07) is -0.0612. The van der Waals surface area contributed by atoms with Crippen molar-refractivity contribution in [1.29, 1.82) is 0 Å². The van der Waals surface area contributed by atoms with Crippen molar-refractivity contribution in [2.24, 2.45) is 11.8 Å². The summed E-state index contributed by atoms with van der Waals surface area (Å²) in [7, 11) is 0. The third-order valence-electron chi connectivity index (χ3n) is 3.97. The molecular formula is C20H39N3O2. The highest BCUT2D eigenvalue weighted by molar-refractivity contribution is 5.78. The van der Waals surface area contributed by atoms with Crippen LogP contribution in [0.5, 0.6) is 0 Å². The highest BCUT2D eigenvalue weighted by Crippen LogP contribution is 2.11. The molecule has 0 aliphatic carbocycles. The van der Waals surface area contributed by atoms with Crippen LogP contribution >= 0.6 is 0 Å². The van der Waals surface area contributed by atoms with Gasteiger partial charge in [-0.05, 0) is 32.1 Å². The van der Waals surface area contributed by atoms with Gasteiger partial charge in [0.15, 0.2) is 0 Å². The van der Waals surface area contributed by atoms with Gasteiger partial charge in [0.05, 0.1) is 12.6 Å². The lowest BCUT2D eigenvalue weighted by Gasteiger charge is -2.25. The first-order valence-electron chi connectivity index (χ1n) is 9.64. The Morgan fingerprint density at radius 1 is 0.880 bits per heavy atom. The van der Waals surface area contributed by atoms with Crippen LogP contribution in [0.2, 0.25) is 0 Å². The molecule has 0 rings (SSSR count). The van der Waals surface area contributed by atoms with E-state index in [1.165, 1.54) is 12.8 Å². The van der Waals surface area contributed by atoms with E-state index in [1.807, 2.05) is 27.7 Å². The number of nitrogens with one attached hydrogen (secondary N) is 3. The van der Waals surface area contributed by atoms with Gasteiger partial charge >= 0.3 is 0 Å². The number of carbonyl (C=O) groups is 2. The number of carbonyl (C=O) groups excluding carboxylic acids is 2. The second-order valence-electron chi connectivity index (χ2n) is 7.88. The number of unbranched alkanes of at least 4 members (excludes halogenated alkanes) is 2. The molecule has 1 unspecified atom stereocenters. The molecule has 0 spiro atoms. The van der Waals surface area contributed by atoms with E-state index in [2.05, 4.69) is 36.4 Å². The van der Waals surface area contributed by atoms with Crippen molar-refractivity contribution in [1.82, 2.24) is 16.0 Å². The van der Waals surface area contributed by atoms with Crippen molar-refractivity contribution in [3.05, 3.63) is 12.3 Å². The van der Waals surface area contributed by atoms with Gasteiger partial charge in [0, 0.05) is 18.2 Å². The van der Waals surface area contributed by atoms with Crippen LogP contribution in [0, 0.1) is 11.8 Å². The maximum absolute atomic E-state index is 12.2. The molecule has 1 atom stereocenters. The third-order valence-corrected chi connectivity index (χ3v) is 3.97. The largest absolute Gasteiger partial charge is 0.378 e. The molecule has 0 aliphatic rings. The molecule has 0 aliphatic heterocycles. The van der Waals surface area contributed by atoms with Gasteiger partial charge < -0.3 is 16.0 Å². The summed E-state index contributed by atoms with van der Waals surface area (Å²) in [6.07, 6.45) is 4.95. The lowest BCUT2D eigenvalue weighted by Crippen LogP contribution is -2.45. The molecule has 0 aromatic heterocycles. The van der Waals surface area contributed by atoms with Crippen molar-refractivity contribution in [3.8, 4) is 0 Å². The first-order chi connectivity index (χ1) is 11.6. The van der Waals surface area contributed by atoms with Crippen molar-refractivity contribution < 1.29 is 9.59 Å². The van der Waals surface area contributed by atoms with Gasteiger partial charge in [0.1, 0.15) is 0 Å². The highest BCUT2D eigenvalue weighted by Gasteiger charge is 2.19. The van der Waals surface area contributed by atoms with Gasteiger partial charge in [0.2, 0.25) is 11.8 Å². The monoisotopic (exact) mass is 353 g/mol. The Bertz CT molecular complexity index is 417. The van der Waals surface area contributed by atoms with Crippen molar-refractivity contribution in [2.45, 2.75) is 85.7 Å². The minimum atomic E-state index is -0.171. The van der Waals surface area contributed by atoms with Crippen LogP contribution in [-0.2, 0) is 9.59 Å². The Balaban J connectivity index is 4.24. The van der Waals surface area contributed by atoms with Gasteiger partial charge in [-0.3, -0.25) is 9.59 Å². The molecule has 0 saturated heterocycles. The molecule has 0 radical (unpaired) electrons. The van der Waals surface area contributed by atoms with Gasteiger partial charge in [-0.15, -0.1) is 0 Å². The Morgan fingerprint density at radius 3 is 2.04 bits per heavy atom. The Hall–Kier alpha value is -1.52. The molecule has 0 bridgehead atoms. The van der Waals surface area contributed by atoms with Gasteiger partial charge in [-0.1, -0.05) is 53.5 Å². The van der Waals surface area contributed by atoms with Crippen molar-refractivity contribution in [3.63, 3.8) is 0 Å². The molecule has 0 saturated carbocycles. The second-order valence-corrected chi connectivity index (χ2v) is 7.88. The van der Waals surface area contributed by atoms with Crippen LogP contribution in [0.1, 0.15) is 73.6 Å². The molecule has 146 valence electrons. The fourth-order valence-electron chi connectivity index (χ4n) is 2.59. The molecule has 25 heavy (non-hydrogen) atoms. The fourth-order valence-corrected chi connectivity index (χ4v) is 2.59. The molecule has 0 fully saturated rings. The molecule has 0 heterocycles. The normalized spacial score (nSPS) is 12.4. The van der Waals surface area contributed by atoms with Gasteiger partial charge in [-0.2, -0.15) is 0 Å². The zero-order valence-corrected chi connectivity index (χ0v) is 17.1. The predicted octanol–water partition coefficient (Wildman–Crippen LogP) is 3.36. The number of rotatable bonds is 13. The van der Waals surface area contributed by atoms with E-state index in [-0.39, 0.29) is 36.4 Å². The maximum Gasteiger partial charge on any atom is 0.239 e. The lowest BCUT2D eigenvalue weighted by molar-refractivity contribution is -0.122. The van der Waals surface area contributed by atoms with Crippen LogP contribution in [0.4, 0.5) is 0 Å². The van der Waals surface area contributed by atoms with E-state index >= 15 is 0 Å². The SMILES string of the molecule is C=C(NCC(=O)NC(C)C)C(NC(=O)CCCCCC(C)C)C(C)C. The van der Waals surface area contributed by atoms with E-state index in [1.54, 1.807) is 0 Å². The number of hydrogen-bond donors (Lipinski definition) is 3. The minimum absolute atomic E-state index is 0.0535. The van der Waals surface area contributed by atoms with Crippen LogP contribution in [-0.4, -0.2) is 30.4 Å². The topological polar surface area (TPSA) is 70.2 Å². The van der Waals surface area contributed by atoms with E-state index in [9.17, 15) is 9.59 Å². The molecule has 5 heteroatoms. The smallest absolute Gasteiger partial charge is 0.239 e. The van der Waals surface area contributed by atoms with Gasteiger partial charge in [0.25, 0.3) is 0 Å². The average molecular weight is 354 g/mol. The predicted molar refractivity (Wildman–Crippen MR) is 105 cm³/mol. The Morgan fingerprint density at radius 2 is 1.52 bits per heavy atom. The van der Waals surface area contributed by atoms with E-state index in [0.29, 0.717) is 12.1 Å². The second kappa shape index (κ2) is 12.8. The average Bonchev–Trinajstić information content (AvgIpc) is 2.48. The molecule has 0 aromatic carbocycles. The van der Waals surface area contributed by atoms with Crippen molar-refractivity contribution >= 4 is 11.8 Å². The van der Waals surface area contributed by atoms with Crippen LogP contribution in [0.25, 0.3) is 0 Å². The van der Waals surface area contributed by atoms with Gasteiger partial charge in [-0.25, -0.2) is 0 Å². The summed E-state index contributed by atoms with van der Waals surface area (Å²) in [5.41, 5.74) is 0.682. The van der Waals surface area contributed by atoms with Crippen LogP contribution in [0.3, 0.4) is 0 Å². The number of amides is 2. The summed E-state index contributed by atoms with van der Waals surface area (Å²) in [5.74, 6) is 0.910.